The number of hydrogen-bond donors (Lipinski definition) is 0. The van der Waals surface area contributed by atoms with Crippen LogP contribution in [0.4, 0.5) is 0 Å². The van der Waals surface area contributed by atoms with Crippen LogP contribution in [0.2, 0.25) is 0 Å². The van der Waals surface area contributed by atoms with Crippen molar-refractivity contribution in [3.05, 3.63) is 54.1 Å². The molecule has 0 amide bonds. The Bertz CT molecular complexity index is 760. The van der Waals surface area contributed by atoms with Gasteiger partial charge in [-0.05, 0) is 61.4 Å². The van der Waals surface area contributed by atoms with Crippen molar-refractivity contribution in [3.8, 4) is 5.75 Å². The second kappa shape index (κ2) is 6.49. The minimum atomic E-state index is -0.639. The number of allylic oxidation sites excluding steroid dienone is 2. The summed E-state index contributed by atoms with van der Waals surface area (Å²) in [5.74, 6) is 0.134. The Morgan fingerprint density at radius 2 is 1.88 bits per heavy atom. The van der Waals surface area contributed by atoms with Crippen LogP contribution in [0.5, 0.6) is 5.75 Å². The molecule has 0 unspecified atom stereocenters. The van der Waals surface area contributed by atoms with E-state index in [1.54, 1.807) is 43.5 Å². The number of ketones is 2. The van der Waals surface area contributed by atoms with E-state index in [2.05, 4.69) is 0 Å². The number of Topliss-reactive ketones (excluding diaryl/α,β-unsaturated/α-hetero) is 1. The summed E-state index contributed by atoms with van der Waals surface area (Å²) in [6.45, 7) is 0. The summed E-state index contributed by atoms with van der Waals surface area (Å²) in [4.78, 5) is 23.9. The predicted octanol–water partition coefficient (Wildman–Crippen LogP) is 3.39. The van der Waals surface area contributed by atoms with E-state index >= 15 is 0 Å². The molecule has 26 heavy (non-hydrogen) atoms. The van der Waals surface area contributed by atoms with E-state index in [0.717, 1.165) is 31.4 Å². The Kier molecular flexibility index (Phi) is 4.29. The van der Waals surface area contributed by atoms with Crippen molar-refractivity contribution in [2.24, 2.45) is 0 Å². The van der Waals surface area contributed by atoms with Gasteiger partial charge >= 0.3 is 0 Å². The van der Waals surface area contributed by atoms with Gasteiger partial charge in [-0.1, -0.05) is 0 Å². The molecule has 2 spiro atoms. The number of hydrogen-bond acceptors (Lipinski definition) is 5. The molecule has 0 aromatic heterocycles. The van der Waals surface area contributed by atoms with Crippen molar-refractivity contribution in [1.29, 1.82) is 0 Å². The maximum Gasteiger partial charge on any atom is 0.178 e. The van der Waals surface area contributed by atoms with Crippen LogP contribution < -0.4 is 4.74 Å². The van der Waals surface area contributed by atoms with Crippen molar-refractivity contribution in [2.45, 2.75) is 49.6 Å². The molecule has 5 heteroatoms. The zero-order chi connectivity index (χ0) is 18.2. The van der Waals surface area contributed by atoms with Gasteiger partial charge < -0.3 is 14.2 Å². The maximum atomic E-state index is 12.5. The molecule has 2 aliphatic heterocycles. The summed E-state index contributed by atoms with van der Waals surface area (Å²) in [5.41, 5.74) is 0.124. The number of benzene rings is 1. The average molecular weight is 354 g/mol. The predicted molar refractivity (Wildman–Crippen MR) is 95.1 cm³/mol. The lowest BCUT2D eigenvalue weighted by molar-refractivity contribution is -0.222. The fourth-order valence-electron chi connectivity index (χ4n) is 3.93. The van der Waals surface area contributed by atoms with Gasteiger partial charge in [-0.25, -0.2) is 0 Å². The highest BCUT2D eigenvalue weighted by molar-refractivity contribution is 6.00. The molecule has 1 aromatic rings. The van der Waals surface area contributed by atoms with Crippen LogP contribution in [0, 0.1) is 0 Å². The molecule has 136 valence electrons. The molecule has 2 saturated heterocycles. The van der Waals surface area contributed by atoms with Crippen LogP contribution in [-0.4, -0.2) is 36.2 Å². The summed E-state index contributed by atoms with van der Waals surface area (Å²) in [6.07, 6.45) is 10.1. The van der Waals surface area contributed by atoms with Crippen molar-refractivity contribution in [3.63, 3.8) is 0 Å². The zero-order valence-corrected chi connectivity index (χ0v) is 14.8. The molecule has 0 radical (unpaired) electrons. The quantitative estimate of drug-likeness (QED) is 0.776. The van der Waals surface area contributed by atoms with E-state index < -0.39 is 11.4 Å². The standard InChI is InChI=1S/C21H22O5/c1-24-17-4-2-15(3-5-17)19(23)14-18-8-11-21(25-18)13-12-20(26-21)9-6-16(22)7-10-20/h2-7,9-10,18H,8,11-14H2,1H3/t18-,21-/m0/s1. The number of methoxy groups -OCH3 is 1. The number of rotatable bonds is 4. The topological polar surface area (TPSA) is 61.8 Å². The van der Waals surface area contributed by atoms with Crippen LogP contribution >= 0.6 is 0 Å². The van der Waals surface area contributed by atoms with Crippen LogP contribution in [-0.2, 0) is 14.3 Å². The monoisotopic (exact) mass is 354 g/mol. The van der Waals surface area contributed by atoms with Gasteiger partial charge in [0.15, 0.2) is 17.4 Å². The van der Waals surface area contributed by atoms with Gasteiger partial charge in [0.1, 0.15) is 11.4 Å². The molecule has 3 aliphatic rings. The summed E-state index contributed by atoms with van der Waals surface area (Å²) in [6, 6.07) is 7.14. The maximum absolute atomic E-state index is 12.5. The summed E-state index contributed by atoms with van der Waals surface area (Å²) in [5, 5.41) is 0. The minimum Gasteiger partial charge on any atom is -0.497 e. The van der Waals surface area contributed by atoms with Gasteiger partial charge in [-0.2, -0.15) is 0 Å². The molecule has 5 nitrogen and oxygen atoms in total. The third-order valence-corrected chi connectivity index (χ3v) is 5.39. The van der Waals surface area contributed by atoms with Gasteiger partial charge in [0, 0.05) is 24.8 Å². The SMILES string of the molecule is COc1ccc(C(=O)C[C@@H]2CC[C@]3(CCC4(C=CC(=O)C=C4)O3)O2)cc1. The first-order valence-corrected chi connectivity index (χ1v) is 8.99. The normalized spacial score (nSPS) is 29.0. The van der Waals surface area contributed by atoms with Crippen molar-refractivity contribution < 1.29 is 23.8 Å². The van der Waals surface area contributed by atoms with Crippen molar-refractivity contribution >= 4 is 11.6 Å². The van der Waals surface area contributed by atoms with Gasteiger partial charge in [-0.3, -0.25) is 9.59 Å². The Hall–Kier alpha value is -2.24. The smallest absolute Gasteiger partial charge is 0.178 e. The largest absolute Gasteiger partial charge is 0.497 e. The minimum absolute atomic E-state index is 0.0181. The van der Waals surface area contributed by atoms with E-state index in [-0.39, 0.29) is 17.7 Å². The summed E-state index contributed by atoms with van der Waals surface area (Å²) < 4.78 is 17.6. The summed E-state index contributed by atoms with van der Waals surface area (Å²) >= 11 is 0. The Morgan fingerprint density at radius 1 is 1.15 bits per heavy atom. The van der Waals surface area contributed by atoms with E-state index in [9.17, 15) is 9.59 Å². The number of carbonyl (C=O) groups excluding carboxylic acids is 2. The highest BCUT2D eigenvalue weighted by Crippen LogP contribution is 2.48. The molecule has 1 aromatic carbocycles. The second-order valence-electron chi connectivity index (χ2n) is 7.17. The average Bonchev–Trinajstić information content (AvgIpc) is 3.21. The first-order valence-electron chi connectivity index (χ1n) is 8.99. The van der Waals surface area contributed by atoms with Crippen LogP contribution in [0.3, 0.4) is 0 Å². The molecular formula is C21H22O5. The molecule has 1 aliphatic carbocycles. The van der Waals surface area contributed by atoms with Gasteiger partial charge in [0.05, 0.1) is 13.2 Å². The fourth-order valence-corrected chi connectivity index (χ4v) is 3.93. The van der Waals surface area contributed by atoms with Crippen molar-refractivity contribution in [2.75, 3.05) is 7.11 Å². The molecule has 4 rings (SSSR count). The van der Waals surface area contributed by atoms with Crippen molar-refractivity contribution in [1.82, 2.24) is 0 Å². The molecule has 2 heterocycles. The van der Waals surface area contributed by atoms with Crippen LogP contribution in [0.25, 0.3) is 0 Å². The van der Waals surface area contributed by atoms with E-state index in [0.29, 0.717) is 12.0 Å². The first kappa shape index (κ1) is 17.2. The van der Waals surface area contributed by atoms with Gasteiger partial charge in [0.2, 0.25) is 0 Å². The highest BCUT2D eigenvalue weighted by atomic mass is 16.7. The molecule has 2 atom stereocenters. The Labute approximate surface area is 152 Å². The lowest BCUT2D eigenvalue weighted by atomic mass is 9.94. The molecule has 0 N–H and O–H groups in total. The fraction of sp³-hybridized carbons (Fsp3) is 0.429. The van der Waals surface area contributed by atoms with Crippen LogP contribution in [0.15, 0.2) is 48.6 Å². The number of carbonyl (C=O) groups is 2. The Balaban J connectivity index is 1.38. The molecule has 0 bridgehead atoms. The highest BCUT2D eigenvalue weighted by Gasteiger charge is 2.52. The first-order chi connectivity index (χ1) is 12.5. The zero-order valence-electron chi connectivity index (χ0n) is 14.8. The molecule has 2 fully saturated rings. The van der Waals surface area contributed by atoms with E-state index in [4.69, 9.17) is 14.2 Å². The molecule has 0 saturated carbocycles. The summed E-state index contributed by atoms with van der Waals surface area (Å²) in [7, 11) is 1.60. The molecular weight excluding hydrogens is 332 g/mol. The number of ether oxygens (including phenoxy) is 3. The third-order valence-electron chi connectivity index (χ3n) is 5.39. The van der Waals surface area contributed by atoms with Gasteiger partial charge in [-0.15, -0.1) is 0 Å². The Morgan fingerprint density at radius 3 is 2.58 bits per heavy atom. The lowest BCUT2D eigenvalue weighted by Crippen LogP contribution is -2.34. The van der Waals surface area contributed by atoms with Gasteiger partial charge in [0.25, 0.3) is 0 Å². The van der Waals surface area contributed by atoms with E-state index in [1.807, 2.05) is 12.2 Å². The van der Waals surface area contributed by atoms with E-state index in [1.165, 1.54) is 0 Å². The van der Waals surface area contributed by atoms with Crippen LogP contribution in [0.1, 0.15) is 42.5 Å². The third kappa shape index (κ3) is 3.24. The second-order valence-corrected chi connectivity index (χ2v) is 7.17. The lowest BCUT2D eigenvalue weighted by Gasteiger charge is -2.29.